The first kappa shape index (κ1) is 24.4. The maximum atomic E-state index is 13.1. The number of oxime groups is 1. The molecule has 0 bridgehead atoms. The lowest BCUT2D eigenvalue weighted by Gasteiger charge is -2.24. The molecule has 0 radical (unpaired) electrons. The highest BCUT2D eigenvalue weighted by Gasteiger charge is 2.23. The summed E-state index contributed by atoms with van der Waals surface area (Å²) >= 11 is 0. The number of allylic oxidation sites excluding steroid dienone is 1. The van der Waals surface area contributed by atoms with E-state index >= 15 is 0 Å². The Bertz CT molecular complexity index is 1320. The standard InChI is InChI=1S/C25H30N6O4/c1-15(25(2,3)4)19(13-34-5)22(30-33)29-24(32)31-9-8-16-10-17(6-7-21(16)31)35-23-18-11-26-12-20(18)27-14-28-23/h6-10,14,26,33H,11-13H2,1-5H3,(H,29,30,32)/b19-15+. The number of benzene rings is 1. The summed E-state index contributed by atoms with van der Waals surface area (Å²) in [7, 11) is 1.55. The van der Waals surface area contributed by atoms with Crippen molar-refractivity contribution in [1.29, 1.82) is 0 Å². The highest BCUT2D eigenvalue weighted by molar-refractivity contribution is 6.09. The van der Waals surface area contributed by atoms with Crippen molar-refractivity contribution in [3.63, 3.8) is 0 Å². The number of aromatic nitrogens is 3. The third kappa shape index (κ3) is 5.03. The number of amidine groups is 1. The van der Waals surface area contributed by atoms with Gasteiger partial charge in [-0.1, -0.05) is 31.5 Å². The van der Waals surface area contributed by atoms with Gasteiger partial charge in [-0.3, -0.25) is 9.88 Å². The Hall–Kier alpha value is -3.76. The Kier molecular flexibility index (Phi) is 6.86. The lowest BCUT2D eigenvalue weighted by atomic mass is 9.84. The second kappa shape index (κ2) is 9.85. The van der Waals surface area contributed by atoms with Crippen LogP contribution in [0.2, 0.25) is 0 Å². The summed E-state index contributed by atoms with van der Waals surface area (Å²) in [5, 5.41) is 19.8. The summed E-state index contributed by atoms with van der Waals surface area (Å²) in [6.45, 7) is 9.61. The zero-order chi connectivity index (χ0) is 25.2. The molecule has 3 aromatic rings. The second-order valence-electron chi connectivity index (χ2n) is 9.38. The SMILES string of the molecule is COCC(=C(/C)C(C)(C)C)/C(=N\O)NC(=O)n1ccc2cc(Oc3ncnc4c3CNC4)ccc21. The predicted molar refractivity (Wildman–Crippen MR) is 132 cm³/mol. The summed E-state index contributed by atoms with van der Waals surface area (Å²) in [5.74, 6) is 1.18. The van der Waals surface area contributed by atoms with Crippen molar-refractivity contribution < 1.29 is 19.5 Å². The van der Waals surface area contributed by atoms with Gasteiger partial charge in [-0.15, -0.1) is 0 Å². The number of ether oxygens (including phenoxy) is 2. The molecule has 0 saturated carbocycles. The number of amides is 1. The molecule has 184 valence electrons. The minimum absolute atomic E-state index is 0.0531. The molecule has 0 unspecified atom stereocenters. The molecule has 10 heteroatoms. The highest BCUT2D eigenvalue weighted by atomic mass is 16.5. The van der Waals surface area contributed by atoms with Gasteiger partial charge in [0.05, 0.1) is 23.4 Å². The van der Waals surface area contributed by atoms with Gasteiger partial charge in [0.2, 0.25) is 5.88 Å². The van der Waals surface area contributed by atoms with Gasteiger partial charge in [0.15, 0.2) is 5.84 Å². The van der Waals surface area contributed by atoms with Crippen molar-refractivity contribution in [2.75, 3.05) is 13.7 Å². The highest BCUT2D eigenvalue weighted by Crippen LogP contribution is 2.30. The first-order valence-electron chi connectivity index (χ1n) is 11.3. The topological polar surface area (TPSA) is 123 Å². The van der Waals surface area contributed by atoms with Crippen LogP contribution in [-0.2, 0) is 17.8 Å². The lowest BCUT2D eigenvalue weighted by Crippen LogP contribution is -2.37. The summed E-state index contributed by atoms with van der Waals surface area (Å²) in [4.78, 5) is 21.7. The van der Waals surface area contributed by atoms with E-state index < -0.39 is 6.03 Å². The molecule has 1 amide bonds. The summed E-state index contributed by atoms with van der Waals surface area (Å²) in [6, 6.07) is 6.78. The molecule has 10 nitrogen and oxygen atoms in total. The van der Waals surface area contributed by atoms with E-state index in [2.05, 4.69) is 25.8 Å². The zero-order valence-electron chi connectivity index (χ0n) is 20.5. The van der Waals surface area contributed by atoms with Crippen LogP contribution in [0.25, 0.3) is 10.9 Å². The van der Waals surface area contributed by atoms with Crippen LogP contribution < -0.4 is 15.4 Å². The number of methoxy groups -OCH3 is 1. The predicted octanol–water partition coefficient (Wildman–Crippen LogP) is 4.18. The van der Waals surface area contributed by atoms with E-state index in [1.165, 1.54) is 10.9 Å². The van der Waals surface area contributed by atoms with Crippen LogP contribution >= 0.6 is 0 Å². The Morgan fingerprint density at radius 1 is 1.26 bits per heavy atom. The Morgan fingerprint density at radius 3 is 2.77 bits per heavy atom. The molecule has 1 aromatic carbocycles. The Morgan fingerprint density at radius 2 is 2.06 bits per heavy atom. The third-order valence-electron chi connectivity index (χ3n) is 6.16. The third-order valence-corrected chi connectivity index (χ3v) is 6.16. The Balaban J connectivity index is 1.57. The molecular formula is C25H30N6O4. The first-order chi connectivity index (χ1) is 16.7. The van der Waals surface area contributed by atoms with E-state index in [0.717, 1.165) is 22.2 Å². The van der Waals surface area contributed by atoms with Crippen LogP contribution in [0.1, 0.15) is 39.0 Å². The fraction of sp³-hybridized carbons (Fsp3) is 0.360. The molecule has 2 aromatic heterocycles. The molecular weight excluding hydrogens is 448 g/mol. The molecule has 0 fully saturated rings. The van der Waals surface area contributed by atoms with E-state index in [1.807, 2.05) is 39.8 Å². The minimum Gasteiger partial charge on any atom is -0.439 e. The molecule has 35 heavy (non-hydrogen) atoms. The van der Waals surface area contributed by atoms with Crippen LogP contribution in [0.5, 0.6) is 11.6 Å². The molecule has 0 aliphatic carbocycles. The van der Waals surface area contributed by atoms with E-state index in [0.29, 0.717) is 35.8 Å². The van der Waals surface area contributed by atoms with E-state index in [4.69, 9.17) is 9.47 Å². The molecule has 0 atom stereocenters. The van der Waals surface area contributed by atoms with Crippen LogP contribution in [0.3, 0.4) is 0 Å². The summed E-state index contributed by atoms with van der Waals surface area (Å²) < 4.78 is 12.8. The molecule has 3 heterocycles. The van der Waals surface area contributed by atoms with Crippen molar-refractivity contribution in [2.24, 2.45) is 10.6 Å². The quantitative estimate of drug-likeness (QED) is 0.218. The van der Waals surface area contributed by atoms with Gasteiger partial charge in [0.1, 0.15) is 12.1 Å². The van der Waals surface area contributed by atoms with Gasteiger partial charge >= 0.3 is 6.03 Å². The number of fused-ring (bicyclic) bond motifs is 2. The average Bonchev–Trinajstić information content (AvgIpc) is 3.47. The van der Waals surface area contributed by atoms with Gasteiger partial charge < -0.3 is 20.0 Å². The van der Waals surface area contributed by atoms with E-state index in [-0.39, 0.29) is 17.9 Å². The van der Waals surface area contributed by atoms with Crippen LogP contribution in [0, 0.1) is 5.41 Å². The Labute approximate surface area is 203 Å². The lowest BCUT2D eigenvalue weighted by molar-refractivity contribution is 0.225. The summed E-state index contributed by atoms with van der Waals surface area (Å²) in [5.41, 5.74) is 3.92. The van der Waals surface area contributed by atoms with Crippen LogP contribution in [-0.4, -0.2) is 45.3 Å². The molecule has 0 saturated heterocycles. The number of carbonyl (C=O) groups excluding carboxylic acids is 1. The van der Waals surface area contributed by atoms with Crippen LogP contribution in [0.4, 0.5) is 4.79 Å². The number of hydrogen-bond donors (Lipinski definition) is 3. The largest absolute Gasteiger partial charge is 0.439 e. The van der Waals surface area contributed by atoms with Gasteiger partial charge in [-0.25, -0.2) is 14.8 Å². The fourth-order valence-corrected chi connectivity index (χ4v) is 3.90. The van der Waals surface area contributed by atoms with Crippen molar-refractivity contribution >= 4 is 22.8 Å². The van der Waals surface area contributed by atoms with Gasteiger partial charge in [-0.2, -0.15) is 0 Å². The first-order valence-corrected chi connectivity index (χ1v) is 11.3. The maximum absolute atomic E-state index is 13.1. The maximum Gasteiger partial charge on any atom is 0.331 e. The van der Waals surface area contributed by atoms with Crippen LogP contribution in [0.15, 0.2) is 53.1 Å². The second-order valence-corrected chi connectivity index (χ2v) is 9.38. The number of nitrogens with zero attached hydrogens (tertiary/aromatic N) is 4. The monoisotopic (exact) mass is 478 g/mol. The zero-order valence-corrected chi connectivity index (χ0v) is 20.5. The normalized spacial score (nSPS) is 14.6. The summed E-state index contributed by atoms with van der Waals surface area (Å²) in [6.07, 6.45) is 3.15. The van der Waals surface area contributed by atoms with Gasteiger partial charge in [0, 0.05) is 37.4 Å². The number of rotatable bonds is 5. The molecule has 1 aliphatic rings. The van der Waals surface area contributed by atoms with Gasteiger partial charge in [0.25, 0.3) is 0 Å². The average molecular weight is 479 g/mol. The van der Waals surface area contributed by atoms with Gasteiger partial charge in [-0.05, 0) is 36.6 Å². The number of nitrogens with one attached hydrogen (secondary N) is 2. The molecule has 0 spiro atoms. The smallest absolute Gasteiger partial charge is 0.331 e. The molecule has 1 aliphatic heterocycles. The van der Waals surface area contributed by atoms with Crippen molar-refractivity contribution in [1.82, 2.24) is 25.2 Å². The minimum atomic E-state index is -0.462. The molecule has 3 N–H and O–H groups in total. The van der Waals surface area contributed by atoms with Crippen molar-refractivity contribution in [2.45, 2.75) is 40.8 Å². The number of hydrogen-bond acceptors (Lipinski definition) is 8. The van der Waals surface area contributed by atoms with Crippen molar-refractivity contribution in [3.8, 4) is 11.6 Å². The molecule has 4 rings (SSSR count). The van der Waals surface area contributed by atoms with E-state index in [9.17, 15) is 10.0 Å². The van der Waals surface area contributed by atoms with E-state index in [1.54, 1.807) is 25.4 Å². The fourth-order valence-electron chi connectivity index (χ4n) is 3.90. The number of carbonyl (C=O) groups is 1. The van der Waals surface area contributed by atoms with Crippen molar-refractivity contribution in [3.05, 3.63) is 59.2 Å².